The summed E-state index contributed by atoms with van der Waals surface area (Å²) in [6, 6.07) is 1.90. The van der Waals surface area contributed by atoms with Crippen molar-refractivity contribution >= 4 is 11.6 Å². The van der Waals surface area contributed by atoms with Gasteiger partial charge in [-0.3, -0.25) is 4.98 Å². The number of halogens is 1. The highest BCUT2D eigenvalue weighted by atomic mass is 35.5. The lowest BCUT2D eigenvalue weighted by molar-refractivity contribution is 0.713. The zero-order valence-corrected chi connectivity index (χ0v) is 9.78. The molecule has 4 nitrogen and oxygen atoms in total. The molecule has 84 valence electrons. The Balaban J connectivity index is 2.33. The first-order chi connectivity index (χ1) is 7.72. The molecule has 0 spiro atoms. The molecule has 0 amide bonds. The van der Waals surface area contributed by atoms with Crippen LogP contribution in [0.1, 0.15) is 17.1 Å². The van der Waals surface area contributed by atoms with Crippen LogP contribution >= 0.6 is 11.6 Å². The van der Waals surface area contributed by atoms with Gasteiger partial charge in [0.2, 0.25) is 0 Å². The number of hydrogen-bond donors (Lipinski definition) is 1. The van der Waals surface area contributed by atoms with Crippen LogP contribution in [0.4, 0.5) is 0 Å². The van der Waals surface area contributed by atoms with Crippen LogP contribution in [0.3, 0.4) is 0 Å². The summed E-state index contributed by atoms with van der Waals surface area (Å²) >= 11 is 6.06. The molecule has 0 unspecified atom stereocenters. The topological polar surface area (TPSA) is 56.7 Å². The maximum Gasteiger partial charge on any atom is 0.106 e. The molecule has 0 aromatic carbocycles. The van der Waals surface area contributed by atoms with E-state index in [2.05, 4.69) is 14.5 Å². The maximum absolute atomic E-state index is 6.06. The lowest BCUT2D eigenvalue weighted by Gasteiger charge is -2.10. The Kier molecular flexibility index (Phi) is 3.22. The van der Waals surface area contributed by atoms with E-state index < -0.39 is 0 Å². The zero-order chi connectivity index (χ0) is 11.5. The standard InChI is InChI=1S/C11H13ClN4/c1-8-15-5-10(4-13)16(8)7-9-2-3-14-6-11(9)12/h2-3,5-6H,4,7,13H2,1H3. The molecule has 0 radical (unpaired) electrons. The number of imidazole rings is 1. The summed E-state index contributed by atoms with van der Waals surface area (Å²) in [5.41, 5.74) is 7.68. The van der Waals surface area contributed by atoms with Gasteiger partial charge in [0.15, 0.2) is 0 Å². The van der Waals surface area contributed by atoms with Crippen molar-refractivity contribution in [2.45, 2.75) is 20.0 Å². The minimum absolute atomic E-state index is 0.476. The van der Waals surface area contributed by atoms with Crippen LogP contribution in [-0.2, 0) is 13.1 Å². The Hall–Kier alpha value is -1.39. The van der Waals surface area contributed by atoms with Gasteiger partial charge in [-0.05, 0) is 18.6 Å². The van der Waals surface area contributed by atoms with E-state index in [0.717, 1.165) is 17.1 Å². The minimum atomic E-state index is 0.476. The Labute approximate surface area is 99.1 Å². The Morgan fingerprint density at radius 2 is 2.25 bits per heavy atom. The summed E-state index contributed by atoms with van der Waals surface area (Å²) in [7, 11) is 0. The first-order valence-electron chi connectivity index (χ1n) is 5.02. The maximum atomic E-state index is 6.06. The van der Waals surface area contributed by atoms with Gasteiger partial charge in [-0.1, -0.05) is 11.6 Å². The van der Waals surface area contributed by atoms with Crippen LogP contribution in [0.25, 0.3) is 0 Å². The van der Waals surface area contributed by atoms with Crippen molar-refractivity contribution in [2.75, 3.05) is 0 Å². The largest absolute Gasteiger partial charge is 0.327 e. The van der Waals surface area contributed by atoms with Crippen LogP contribution in [0.2, 0.25) is 5.02 Å². The Bertz CT molecular complexity index is 492. The van der Waals surface area contributed by atoms with Crippen molar-refractivity contribution in [1.82, 2.24) is 14.5 Å². The smallest absolute Gasteiger partial charge is 0.106 e. The molecule has 2 aromatic heterocycles. The van der Waals surface area contributed by atoms with Crippen molar-refractivity contribution in [3.63, 3.8) is 0 Å². The first kappa shape index (κ1) is 11.1. The molecular formula is C11H13ClN4. The van der Waals surface area contributed by atoms with E-state index in [9.17, 15) is 0 Å². The summed E-state index contributed by atoms with van der Waals surface area (Å²) in [6.07, 6.45) is 5.17. The second-order valence-corrected chi connectivity index (χ2v) is 3.96. The molecule has 2 N–H and O–H groups in total. The summed E-state index contributed by atoms with van der Waals surface area (Å²) in [6.45, 7) is 3.11. The van der Waals surface area contributed by atoms with Crippen molar-refractivity contribution in [2.24, 2.45) is 5.73 Å². The molecule has 0 aliphatic carbocycles. The Morgan fingerprint density at radius 1 is 1.44 bits per heavy atom. The molecule has 0 atom stereocenters. The van der Waals surface area contributed by atoms with Crippen LogP contribution < -0.4 is 5.73 Å². The number of pyridine rings is 1. The number of aromatic nitrogens is 3. The highest BCUT2D eigenvalue weighted by molar-refractivity contribution is 6.31. The normalized spacial score (nSPS) is 10.7. The molecule has 2 rings (SSSR count). The van der Waals surface area contributed by atoms with Gasteiger partial charge < -0.3 is 10.3 Å². The van der Waals surface area contributed by atoms with Crippen LogP contribution in [0.15, 0.2) is 24.7 Å². The van der Waals surface area contributed by atoms with Gasteiger partial charge in [0.25, 0.3) is 0 Å². The van der Waals surface area contributed by atoms with Crippen LogP contribution in [0.5, 0.6) is 0 Å². The molecule has 0 aliphatic rings. The van der Waals surface area contributed by atoms with E-state index in [1.165, 1.54) is 0 Å². The van der Waals surface area contributed by atoms with Crippen molar-refractivity contribution < 1.29 is 0 Å². The third-order valence-electron chi connectivity index (χ3n) is 2.53. The fourth-order valence-electron chi connectivity index (χ4n) is 1.60. The van der Waals surface area contributed by atoms with E-state index in [1.54, 1.807) is 18.6 Å². The van der Waals surface area contributed by atoms with Crippen molar-refractivity contribution in [1.29, 1.82) is 0 Å². The molecule has 2 heterocycles. The van der Waals surface area contributed by atoms with Crippen LogP contribution in [-0.4, -0.2) is 14.5 Å². The average molecular weight is 237 g/mol. The van der Waals surface area contributed by atoms with Crippen LogP contribution in [0, 0.1) is 6.92 Å². The quantitative estimate of drug-likeness (QED) is 0.883. The lowest BCUT2D eigenvalue weighted by Crippen LogP contribution is -2.10. The average Bonchev–Trinajstić information content (AvgIpc) is 2.63. The van der Waals surface area contributed by atoms with Gasteiger partial charge >= 0.3 is 0 Å². The van der Waals surface area contributed by atoms with E-state index in [1.807, 2.05) is 13.0 Å². The molecule has 0 fully saturated rings. The number of nitrogens with two attached hydrogens (primary N) is 1. The summed E-state index contributed by atoms with van der Waals surface area (Å²) in [4.78, 5) is 8.20. The Morgan fingerprint density at radius 3 is 2.94 bits per heavy atom. The predicted molar refractivity (Wildman–Crippen MR) is 63.2 cm³/mol. The second kappa shape index (κ2) is 4.63. The minimum Gasteiger partial charge on any atom is -0.327 e. The predicted octanol–water partition coefficient (Wildman–Crippen LogP) is 1.75. The van der Waals surface area contributed by atoms with Gasteiger partial charge in [0.05, 0.1) is 17.3 Å². The van der Waals surface area contributed by atoms with Crippen molar-refractivity contribution in [3.8, 4) is 0 Å². The van der Waals surface area contributed by atoms with Gasteiger partial charge in [0, 0.05) is 25.1 Å². The number of rotatable bonds is 3. The molecule has 0 aliphatic heterocycles. The summed E-state index contributed by atoms with van der Waals surface area (Å²) < 4.78 is 2.06. The summed E-state index contributed by atoms with van der Waals surface area (Å²) in [5, 5.41) is 0.665. The molecule has 0 saturated heterocycles. The van der Waals surface area contributed by atoms with Crippen molar-refractivity contribution in [3.05, 3.63) is 46.8 Å². The van der Waals surface area contributed by atoms with Gasteiger partial charge in [-0.2, -0.15) is 0 Å². The third-order valence-corrected chi connectivity index (χ3v) is 2.87. The zero-order valence-electron chi connectivity index (χ0n) is 9.02. The van der Waals surface area contributed by atoms with E-state index >= 15 is 0 Å². The first-order valence-corrected chi connectivity index (χ1v) is 5.39. The molecule has 2 aromatic rings. The monoisotopic (exact) mass is 236 g/mol. The fourth-order valence-corrected chi connectivity index (χ4v) is 1.78. The molecule has 0 bridgehead atoms. The fraction of sp³-hybridized carbons (Fsp3) is 0.273. The summed E-state index contributed by atoms with van der Waals surface area (Å²) in [5.74, 6) is 0.938. The number of nitrogens with zero attached hydrogens (tertiary/aromatic N) is 3. The molecule has 16 heavy (non-hydrogen) atoms. The van der Waals surface area contributed by atoms with Gasteiger partial charge in [0.1, 0.15) is 5.82 Å². The molecule has 5 heteroatoms. The molecule has 0 saturated carbocycles. The van der Waals surface area contributed by atoms with Gasteiger partial charge in [-0.25, -0.2) is 4.98 Å². The highest BCUT2D eigenvalue weighted by Crippen LogP contribution is 2.16. The van der Waals surface area contributed by atoms with Gasteiger partial charge in [-0.15, -0.1) is 0 Å². The highest BCUT2D eigenvalue weighted by Gasteiger charge is 2.07. The number of hydrogen-bond acceptors (Lipinski definition) is 3. The van der Waals surface area contributed by atoms with E-state index in [0.29, 0.717) is 18.1 Å². The van der Waals surface area contributed by atoms with E-state index in [4.69, 9.17) is 17.3 Å². The lowest BCUT2D eigenvalue weighted by atomic mass is 10.2. The molecular weight excluding hydrogens is 224 g/mol. The second-order valence-electron chi connectivity index (χ2n) is 3.55. The van der Waals surface area contributed by atoms with E-state index in [-0.39, 0.29) is 0 Å². The third kappa shape index (κ3) is 2.08. The SMILES string of the molecule is Cc1ncc(CN)n1Cc1ccncc1Cl. The number of aryl methyl sites for hydroxylation is 1.